The molecule has 6 heteroatoms. The van der Waals surface area contributed by atoms with Crippen molar-refractivity contribution < 1.29 is 14.4 Å². The highest BCUT2D eigenvalue weighted by Crippen LogP contribution is 2.30. The molecule has 1 aliphatic rings. The van der Waals surface area contributed by atoms with E-state index in [0.29, 0.717) is 6.04 Å². The number of nitrogens with zero attached hydrogens (tertiary/aromatic N) is 1. The van der Waals surface area contributed by atoms with Gasteiger partial charge in [0.1, 0.15) is 0 Å². The van der Waals surface area contributed by atoms with Crippen LogP contribution in [-0.4, -0.2) is 30.8 Å². The highest BCUT2D eigenvalue weighted by Gasteiger charge is 2.20. The summed E-state index contributed by atoms with van der Waals surface area (Å²) in [5, 5.41) is 14.2. The number of ether oxygens (including phenoxy) is 2. The molecule has 1 saturated heterocycles. The molecule has 0 saturated carbocycles. The van der Waals surface area contributed by atoms with Crippen LogP contribution in [0, 0.1) is 10.1 Å². The number of anilines is 1. The fourth-order valence-electron chi connectivity index (χ4n) is 2.28. The number of hydrogen-bond donors (Lipinski definition) is 1. The van der Waals surface area contributed by atoms with Crippen molar-refractivity contribution in [2.45, 2.75) is 31.9 Å². The summed E-state index contributed by atoms with van der Waals surface area (Å²) in [6, 6.07) is 5.16. The first-order valence-electron chi connectivity index (χ1n) is 6.30. The minimum Gasteiger partial charge on any atom is -0.490 e. The fourth-order valence-corrected chi connectivity index (χ4v) is 2.28. The van der Waals surface area contributed by atoms with E-state index in [0.717, 1.165) is 25.1 Å². The Morgan fingerprint density at radius 1 is 1.53 bits per heavy atom. The molecule has 0 amide bonds. The Morgan fingerprint density at radius 3 is 2.95 bits per heavy atom. The van der Waals surface area contributed by atoms with Gasteiger partial charge in [-0.05, 0) is 25.8 Å². The zero-order valence-electron chi connectivity index (χ0n) is 11.1. The van der Waals surface area contributed by atoms with Crippen molar-refractivity contribution in [1.29, 1.82) is 0 Å². The quantitative estimate of drug-likeness (QED) is 0.669. The third-order valence-electron chi connectivity index (χ3n) is 3.23. The normalized spacial score (nSPS) is 22.8. The average molecular weight is 266 g/mol. The van der Waals surface area contributed by atoms with Gasteiger partial charge in [0.05, 0.1) is 18.1 Å². The van der Waals surface area contributed by atoms with Crippen LogP contribution < -0.4 is 10.1 Å². The van der Waals surface area contributed by atoms with E-state index in [-0.39, 0.29) is 17.5 Å². The molecule has 1 N–H and O–H groups in total. The zero-order valence-corrected chi connectivity index (χ0v) is 11.1. The number of hydrogen-bond acceptors (Lipinski definition) is 5. The molecular formula is C13H18N2O4. The Morgan fingerprint density at radius 2 is 2.32 bits per heavy atom. The molecule has 2 rings (SSSR count). The second-order valence-electron chi connectivity index (χ2n) is 4.69. The first-order chi connectivity index (χ1) is 9.10. The van der Waals surface area contributed by atoms with Crippen molar-refractivity contribution in [3.05, 3.63) is 28.3 Å². The second-order valence-corrected chi connectivity index (χ2v) is 4.69. The number of nitrogens with one attached hydrogen (secondary N) is 1. The smallest absolute Gasteiger partial charge is 0.311 e. The summed E-state index contributed by atoms with van der Waals surface area (Å²) in [5.41, 5.74) is 0.815. The molecule has 0 bridgehead atoms. The summed E-state index contributed by atoms with van der Waals surface area (Å²) >= 11 is 0. The van der Waals surface area contributed by atoms with Crippen LogP contribution in [0.25, 0.3) is 0 Å². The van der Waals surface area contributed by atoms with Gasteiger partial charge in [-0.3, -0.25) is 10.1 Å². The lowest BCUT2D eigenvalue weighted by Crippen LogP contribution is -2.32. The lowest BCUT2D eigenvalue weighted by atomic mass is 10.0. The number of nitro groups is 1. The number of rotatable bonds is 4. The van der Waals surface area contributed by atoms with Crippen LogP contribution in [0.15, 0.2) is 18.2 Å². The van der Waals surface area contributed by atoms with Crippen LogP contribution in [-0.2, 0) is 4.74 Å². The molecule has 1 aliphatic heterocycles. The van der Waals surface area contributed by atoms with Crippen molar-refractivity contribution in [3.63, 3.8) is 0 Å². The SMILES string of the molecule is COc1cc(NC2CCOC(C)C2)ccc1[N+](=O)[O-]. The summed E-state index contributed by atoms with van der Waals surface area (Å²) in [4.78, 5) is 10.4. The summed E-state index contributed by atoms with van der Waals surface area (Å²) in [6.45, 7) is 2.78. The molecule has 1 heterocycles. The molecule has 104 valence electrons. The lowest BCUT2D eigenvalue weighted by molar-refractivity contribution is -0.385. The summed E-state index contributed by atoms with van der Waals surface area (Å²) in [5.74, 6) is 0.273. The molecule has 1 aromatic rings. The Balaban J connectivity index is 2.10. The fraction of sp³-hybridized carbons (Fsp3) is 0.538. The summed E-state index contributed by atoms with van der Waals surface area (Å²) in [6.07, 6.45) is 2.11. The van der Waals surface area contributed by atoms with E-state index in [1.807, 2.05) is 6.92 Å². The second kappa shape index (κ2) is 5.88. The van der Waals surface area contributed by atoms with Crippen LogP contribution in [0.3, 0.4) is 0 Å². The molecule has 0 radical (unpaired) electrons. The Kier molecular flexibility index (Phi) is 4.21. The van der Waals surface area contributed by atoms with Gasteiger partial charge in [-0.15, -0.1) is 0 Å². The van der Waals surface area contributed by atoms with E-state index < -0.39 is 4.92 Å². The van der Waals surface area contributed by atoms with Crippen molar-refractivity contribution in [3.8, 4) is 5.75 Å². The molecule has 2 unspecified atom stereocenters. The van der Waals surface area contributed by atoms with Gasteiger partial charge < -0.3 is 14.8 Å². The number of benzene rings is 1. The maximum absolute atomic E-state index is 10.8. The van der Waals surface area contributed by atoms with Crippen LogP contribution in [0.2, 0.25) is 0 Å². The van der Waals surface area contributed by atoms with Crippen LogP contribution in [0.5, 0.6) is 5.75 Å². The van der Waals surface area contributed by atoms with Crippen molar-refractivity contribution in [2.75, 3.05) is 19.0 Å². The van der Waals surface area contributed by atoms with Crippen LogP contribution in [0.1, 0.15) is 19.8 Å². The van der Waals surface area contributed by atoms with E-state index >= 15 is 0 Å². The maximum atomic E-state index is 10.8. The van der Waals surface area contributed by atoms with Gasteiger partial charge in [-0.2, -0.15) is 0 Å². The standard InChI is InChI=1S/C13H18N2O4/c1-9-7-11(5-6-19-9)14-10-3-4-12(15(16)17)13(8-10)18-2/h3-4,8-9,11,14H,5-7H2,1-2H3. The van der Waals surface area contributed by atoms with Gasteiger partial charge in [0.2, 0.25) is 0 Å². The lowest BCUT2D eigenvalue weighted by Gasteiger charge is -2.28. The van der Waals surface area contributed by atoms with Gasteiger partial charge in [0.25, 0.3) is 0 Å². The Hall–Kier alpha value is -1.82. The van der Waals surface area contributed by atoms with Crippen molar-refractivity contribution in [1.82, 2.24) is 0 Å². The third kappa shape index (κ3) is 3.35. The molecule has 0 aromatic heterocycles. The predicted molar refractivity (Wildman–Crippen MR) is 71.7 cm³/mol. The van der Waals surface area contributed by atoms with Crippen molar-refractivity contribution >= 4 is 11.4 Å². The highest BCUT2D eigenvalue weighted by molar-refractivity contribution is 5.58. The molecular weight excluding hydrogens is 248 g/mol. The largest absolute Gasteiger partial charge is 0.490 e. The van der Waals surface area contributed by atoms with E-state index in [1.54, 1.807) is 12.1 Å². The first kappa shape index (κ1) is 13.6. The zero-order chi connectivity index (χ0) is 13.8. The maximum Gasteiger partial charge on any atom is 0.311 e. The summed E-state index contributed by atoms with van der Waals surface area (Å²) < 4.78 is 10.5. The molecule has 1 fully saturated rings. The van der Waals surface area contributed by atoms with E-state index in [4.69, 9.17) is 9.47 Å². The molecule has 0 aliphatic carbocycles. The Bertz CT molecular complexity index is 464. The molecule has 6 nitrogen and oxygen atoms in total. The molecule has 0 spiro atoms. The topological polar surface area (TPSA) is 73.6 Å². The summed E-state index contributed by atoms with van der Waals surface area (Å²) in [7, 11) is 1.43. The van der Waals surface area contributed by atoms with E-state index in [1.165, 1.54) is 13.2 Å². The monoisotopic (exact) mass is 266 g/mol. The van der Waals surface area contributed by atoms with Crippen molar-refractivity contribution in [2.24, 2.45) is 0 Å². The molecule has 2 atom stereocenters. The molecule has 19 heavy (non-hydrogen) atoms. The predicted octanol–water partition coefficient (Wildman–Crippen LogP) is 2.58. The minimum absolute atomic E-state index is 0.0200. The number of nitro benzene ring substituents is 1. The van der Waals surface area contributed by atoms with Gasteiger partial charge in [-0.1, -0.05) is 0 Å². The van der Waals surface area contributed by atoms with Crippen LogP contribution >= 0.6 is 0 Å². The van der Waals surface area contributed by atoms with Crippen LogP contribution in [0.4, 0.5) is 11.4 Å². The third-order valence-corrected chi connectivity index (χ3v) is 3.23. The van der Waals surface area contributed by atoms with E-state index in [9.17, 15) is 10.1 Å². The van der Waals surface area contributed by atoms with E-state index in [2.05, 4.69) is 5.32 Å². The first-order valence-corrected chi connectivity index (χ1v) is 6.30. The Labute approximate surface area is 111 Å². The van der Waals surface area contributed by atoms with Gasteiger partial charge in [0, 0.05) is 30.5 Å². The van der Waals surface area contributed by atoms with Gasteiger partial charge in [-0.25, -0.2) is 0 Å². The highest BCUT2D eigenvalue weighted by atomic mass is 16.6. The number of methoxy groups -OCH3 is 1. The van der Waals surface area contributed by atoms with Gasteiger partial charge >= 0.3 is 5.69 Å². The minimum atomic E-state index is -0.445. The molecule has 1 aromatic carbocycles. The average Bonchev–Trinajstić information content (AvgIpc) is 2.38. The van der Waals surface area contributed by atoms with Gasteiger partial charge in [0.15, 0.2) is 5.75 Å².